The number of hydrogen-bond acceptors (Lipinski definition) is 3. The number of benzene rings is 1. The zero-order chi connectivity index (χ0) is 19.4. The number of nitrogens with one attached hydrogen (secondary N) is 1. The lowest BCUT2D eigenvalue weighted by molar-refractivity contribution is -0.137. The Labute approximate surface area is 155 Å². The maximum atomic E-state index is 13.3. The number of piperidine rings is 1. The Morgan fingerprint density at radius 2 is 1.96 bits per heavy atom. The first-order valence-corrected chi connectivity index (χ1v) is 8.72. The number of pyridine rings is 1. The summed E-state index contributed by atoms with van der Waals surface area (Å²) in [6.45, 7) is 0.903. The topological polar surface area (TPSA) is 48.5 Å². The monoisotopic (exact) mass is 378 g/mol. The first-order chi connectivity index (χ1) is 12.9. The molecule has 2 heterocycles. The third-order valence-electron chi connectivity index (χ3n) is 4.68. The van der Waals surface area contributed by atoms with Crippen molar-refractivity contribution in [2.24, 2.45) is 0 Å². The lowest BCUT2D eigenvalue weighted by atomic mass is 10.0. The van der Waals surface area contributed by atoms with Crippen LogP contribution in [0.15, 0.2) is 48.7 Å². The molecule has 0 spiro atoms. The highest BCUT2D eigenvalue weighted by molar-refractivity contribution is 5.89. The molecule has 1 aromatic heterocycles. The van der Waals surface area contributed by atoms with E-state index >= 15 is 0 Å². The molecule has 2 aromatic rings. The number of nitrogens with zero attached hydrogens (tertiary/aromatic N) is 3. The van der Waals surface area contributed by atoms with Crippen LogP contribution in [0.5, 0.6) is 0 Å². The fraction of sp³-hybridized carbons (Fsp3) is 0.368. The summed E-state index contributed by atoms with van der Waals surface area (Å²) in [4.78, 5) is 19.6. The number of likely N-dealkylation sites (N-methyl/N-ethyl adjacent to an activating group) is 1. The molecule has 27 heavy (non-hydrogen) atoms. The average Bonchev–Trinajstić information content (AvgIpc) is 2.67. The predicted octanol–water partition coefficient (Wildman–Crippen LogP) is 4.23. The van der Waals surface area contributed by atoms with E-state index in [0.29, 0.717) is 31.6 Å². The van der Waals surface area contributed by atoms with Gasteiger partial charge in [0.1, 0.15) is 5.82 Å². The molecule has 2 amide bonds. The van der Waals surface area contributed by atoms with Gasteiger partial charge in [0.25, 0.3) is 0 Å². The molecule has 1 atom stereocenters. The second-order valence-electron chi connectivity index (χ2n) is 6.52. The van der Waals surface area contributed by atoms with Crippen LogP contribution in [0.25, 0.3) is 0 Å². The van der Waals surface area contributed by atoms with Crippen LogP contribution in [0.3, 0.4) is 0 Å². The van der Waals surface area contributed by atoms with Crippen LogP contribution < -0.4 is 10.2 Å². The number of carbonyl (C=O) groups is 1. The minimum atomic E-state index is -4.48. The van der Waals surface area contributed by atoms with Crippen molar-refractivity contribution in [1.29, 1.82) is 0 Å². The van der Waals surface area contributed by atoms with E-state index < -0.39 is 11.7 Å². The van der Waals surface area contributed by atoms with Gasteiger partial charge in [-0.15, -0.1) is 0 Å². The largest absolute Gasteiger partial charge is 0.419 e. The van der Waals surface area contributed by atoms with Crippen molar-refractivity contribution in [1.82, 2.24) is 9.88 Å². The molecule has 0 radical (unpaired) electrons. The predicted molar refractivity (Wildman–Crippen MR) is 97.7 cm³/mol. The van der Waals surface area contributed by atoms with Crippen LogP contribution >= 0.6 is 0 Å². The van der Waals surface area contributed by atoms with Crippen molar-refractivity contribution in [2.45, 2.75) is 25.1 Å². The number of aromatic nitrogens is 1. The van der Waals surface area contributed by atoms with Gasteiger partial charge in [0, 0.05) is 38.1 Å². The third kappa shape index (κ3) is 4.50. The quantitative estimate of drug-likeness (QED) is 0.869. The van der Waals surface area contributed by atoms with Gasteiger partial charge in [-0.3, -0.25) is 0 Å². The summed E-state index contributed by atoms with van der Waals surface area (Å²) >= 11 is 0. The Morgan fingerprint density at radius 3 is 2.67 bits per heavy atom. The molecular weight excluding hydrogens is 357 g/mol. The molecule has 1 aromatic carbocycles. The maximum absolute atomic E-state index is 13.3. The summed E-state index contributed by atoms with van der Waals surface area (Å²) in [6, 6.07) is 10.9. The number of amides is 2. The van der Waals surface area contributed by atoms with Gasteiger partial charge in [0.05, 0.1) is 5.56 Å². The van der Waals surface area contributed by atoms with E-state index in [0.717, 1.165) is 6.07 Å². The molecule has 3 rings (SSSR count). The number of urea groups is 1. The van der Waals surface area contributed by atoms with Gasteiger partial charge in [-0.05, 0) is 37.1 Å². The van der Waals surface area contributed by atoms with Crippen LogP contribution in [0.1, 0.15) is 18.4 Å². The lowest BCUT2D eigenvalue weighted by Crippen LogP contribution is -2.50. The molecule has 1 fully saturated rings. The van der Waals surface area contributed by atoms with Gasteiger partial charge in [0.15, 0.2) is 0 Å². The lowest BCUT2D eigenvalue weighted by Gasteiger charge is -2.38. The van der Waals surface area contributed by atoms with Crippen LogP contribution in [0, 0.1) is 0 Å². The normalized spacial score (nSPS) is 17.5. The molecule has 1 unspecified atom stereocenters. The second-order valence-corrected chi connectivity index (χ2v) is 6.52. The molecule has 1 saturated heterocycles. The number of para-hydroxylation sites is 1. The molecule has 1 aliphatic heterocycles. The summed E-state index contributed by atoms with van der Waals surface area (Å²) in [5.74, 6) is -0.111. The molecular formula is C19H21F3N4O. The van der Waals surface area contributed by atoms with Crippen molar-refractivity contribution >= 4 is 17.5 Å². The summed E-state index contributed by atoms with van der Waals surface area (Å²) in [6.07, 6.45) is -1.72. The van der Waals surface area contributed by atoms with Gasteiger partial charge in [0.2, 0.25) is 0 Å². The number of hydrogen-bond donors (Lipinski definition) is 1. The van der Waals surface area contributed by atoms with Gasteiger partial charge in [-0.1, -0.05) is 18.2 Å². The molecule has 0 bridgehead atoms. The Morgan fingerprint density at radius 1 is 1.22 bits per heavy atom. The Bertz CT molecular complexity index is 782. The summed E-state index contributed by atoms with van der Waals surface area (Å²) < 4.78 is 39.8. The van der Waals surface area contributed by atoms with Crippen LogP contribution in [0.2, 0.25) is 0 Å². The molecule has 5 nitrogen and oxygen atoms in total. The molecule has 8 heteroatoms. The third-order valence-corrected chi connectivity index (χ3v) is 4.68. The number of alkyl halides is 3. The van der Waals surface area contributed by atoms with E-state index in [1.807, 2.05) is 18.2 Å². The SMILES string of the molecule is CN(c1ncccc1C(F)(F)F)C1CCCN(C(=O)Nc2ccccc2)C1. The van der Waals surface area contributed by atoms with Crippen LogP contribution in [-0.4, -0.2) is 42.1 Å². The van der Waals surface area contributed by atoms with Gasteiger partial charge in [-0.25, -0.2) is 9.78 Å². The minimum absolute atomic E-state index is 0.111. The highest BCUT2D eigenvalue weighted by Crippen LogP contribution is 2.36. The van der Waals surface area contributed by atoms with Crippen molar-refractivity contribution in [3.63, 3.8) is 0 Å². The average molecular weight is 378 g/mol. The van der Waals surface area contributed by atoms with E-state index in [1.54, 1.807) is 24.1 Å². The van der Waals surface area contributed by atoms with Crippen molar-refractivity contribution in [3.8, 4) is 0 Å². The summed E-state index contributed by atoms with van der Waals surface area (Å²) in [7, 11) is 1.60. The molecule has 0 aliphatic carbocycles. The number of anilines is 2. The molecule has 0 saturated carbocycles. The standard InChI is InChI=1S/C19H21F3N4O/c1-25(17-16(19(20,21)22)10-5-11-23-17)15-9-6-12-26(13-15)18(27)24-14-7-3-2-4-8-14/h2-5,7-8,10-11,15H,6,9,12-13H2,1H3,(H,24,27). The molecule has 1 aliphatic rings. The van der Waals surface area contributed by atoms with Crippen molar-refractivity contribution in [3.05, 3.63) is 54.2 Å². The van der Waals surface area contributed by atoms with E-state index in [9.17, 15) is 18.0 Å². The summed E-state index contributed by atoms with van der Waals surface area (Å²) in [5, 5.41) is 2.82. The first kappa shape index (κ1) is 19.0. The first-order valence-electron chi connectivity index (χ1n) is 8.72. The Balaban J connectivity index is 1.72. The zero-order valence-corrected chi connectivity index (χ0v) is 14.9. The van der Waals surface area contributed by atoms with E-state index in [2.05, 4.69) is 10.3 Å². The van der Waals surface area contributed by atoms with Crippen LogP contribution in [-0.2, 0) is 6.18 Å². The minimum Gasteiger partial charge on any atom is -0.354 e. The highest BCUT2D eigenvalue weighted by Gasteiger charge is 2.37. The fourth-order valence-corrected chi connectivity index (χ4v) is 3.25. The van der Waals surface area contributed by atoms with Gasteiger partial charge in [-0.2, -0.15) is 13.2 Å². The number of rotatable bonds is 3. The van der Waals surface area contributed by atoms with Gasteiger partial charge < -0.3 is 15.1 Å². The smallest absolute Gasteiger partial charge is 0.354 e. The van der Waals surface area contributed by atoms with Crippen LogP contribution in [0.4, 0.5) is 29.5 Å². The number of halogens is 3. The second kappa shape index (κ2) is 7.85. The van der Waals surface area contributed by atoms with Crippen molar-refractivity contribution < 1.29 is 18.0 Å². The van der Waals surface area contributed by atoms with Crippen molar-refractivity contribution in [2.75, 3.05) is 30.4 Å². The zero-order valence-electron chi connectivity index (χ0n) is 14.9. The van der Waals surface area contributed by atoms with E-state index in [1.165, 1.54) is 17.2 Å². The molecule has 144 valence electrons. The van der Waals surface area contributed by atoms with Gasteiger partial charge >= 0.3 is 12.2 Å². The Kier molecular flexibility index (Phi) is 5.53. The highest BCUT2D eigenvalue weighted by atomic mass is 19.4. The number of carbonyl (C=O) groups excluding carboxylic acids is 1. The van der Waals surface area contributed by atoms with E-state index in [-0.39, 0.29) is 17.9 Å². The Hall–Kier alpha value is -2.77. The molecule has 1 N–H and O–H groups in total. The maximum Gasteiger partial charge on any atom is 0.419 e. The summed E-state index contributed by atoms with van der Waals surface area (Å²) in [5.41, 5.74) is -0.0829. The fourth-order valence-electron chi connectivity index (χ4n) is 3.25. The number of likely N-dealkylation sites (tertiary alicyclic amines) is 1. The van der Waals surface area contributed by atoms with E-state index in [4.69, 9.17) is 0 Å².